The molecule has 0 bridgehead atoms. The largest absolute Gasteiger partial charge is 0.344 e. The van der Waals surface area contributed by atoms with Crippen LogP contribution in [0.3, 0.4) is 0 Å². The third kappa shape index (κ3) is 3.57. The molecule has 1 heterocycles. The number of nitrogens with one attached hydrogen (secondary N) is 2. The highest BCUT2D eigenvalue weighted by Gasteiger charge is 2.26. The van der Waals surface area contributed by atoms with E-state index >= 15 is 0 Å². The number of amides is 2. The monoisotopic (exact) mass is 257 g/mol. The number of carbonyl (C=O) groups is 2. The van der Waals surface area contributed by atoms with Crippen molar-refractivity contribution in [3.63, 3.8) is 0 Å². The molecule has 1 aromatic rings. The molecule has 2 rings (SSSR count). The normalized spacial score (nSPS) is 17.3. The van der Waals surface area contributed by atoms with Gasteiger partial charge in [0.15, 0.2) is 0 Å². The van der Waals surface area contributed by atoms with Gasteiger partial charge in [0.05, 0.1) is 6.54 Å². The molecule has 1 saturated heterocycles. The summed E-state index contributed by atoms with van der Waals surface area (Å²) in [5.74, 6) is 5.39. The van der Waals surface area contributed by atoms with Crippen LogP contribution >= 0.6 is 0 Å². The van der Waals surface area contributed by atoms with Gasteiger partial charge in [-0.05, 0) is 30.7 Å². The van der Waals surface area contributed by atoms with Crippen LogP contribution in [-0.4, -0.2) is 24.4 Å². The molecule has 1 atom stereocenters. The van der Waals surface area contributed by atoms with Crippen LogP contribution in [0.25, 0.3) is 0 Å². The van der Waals surface area contributed by atoms with Crippen molar-refractivity contribution < 1.29 is 9.59 Å². The third-order valence-electron chi connectivity index (χ3n) is 2.80. The number of benzene rings is 1. The minimum absolute atomic E-state index is 0.0763. The van der Waals surface area contributed by atoms with Crippen LogP contribution in [0.1, 0.15) is 18.4 Å². The predicted molar refractivity (Wildman–Crippen MR) is 72.2 cm³/mol. The molecule has 1 unspecified atom stereocenters. The lowest BCUT2D eigenvalue weighted by molar-refractivity contribution is -0.122. The summed E-state index contributed by atoms with van der Waals surface area (Å²) in [7, 11) is 0. The molecule has 4 N–H and O–H groups in total. The Morgan fingerprint density at radius 1 is 1.42 bits per heavy atom. The zero-order valence-electron chi connectivity index (χ0n) is 10.4. The topological polar surface area (TPSA) is 84.2 Å². The number of hydrogen-bond acceptors (Lipinski definition) is 3. The first-order chi connectivity index (χ1) is 9.19. The van der Waals surface area contributed by atoms with Gasteiger partial charge in [-0.2, -0.15) is 0 Å². The van der Waals surface area contributed by atoms with E-state index in [-0.39, 0.29) is 11.8 Å². The highest BCUT2D eigenvalue weighted by Crippen LogP contribution is 2.12. The molecule has 98 valence electrons. The second-order valence-electron chi connectivity index (χ2n) is 4.23. The average Bonchev–Trinajstić information content (AvgIpc) is 2.85. The molecule has 1 aliphatic heterocycles. The second-order valence-corrected chi connectivity index (χ2v) is 4.23. The molecule has 1 fully saturated rings. The lowest BCUT2D eigenvalue weighted by Crippen LogP contribution is -2.37. The maximum absolute atomic E-state index is 11.8. The van der Waals surface area contributed by atoms with E-state index < -0.39 is 6.04 Å². The van der Waals surface area contributed by atoms with Crippen molar-refractivity contribution in [3.8, 4) is 11.8 Å². The first-order valence-corrected chi connectivity index (χ1v) is 6.08. The van der Waals surface area contributed by atoms with Gasteiger partial charge in [0, 0.05) is 17.7 Å². The Balaban J connectivity index is 1.95. The molecule has 0 radical (unpaired) electrons. The minimum Gasteiger partial charge on any atom is -0.344 e. The Bertz CT molecular complexity index is 540. The number of rotatable bonds is 2. The molecular formula is C14H15N3O2. The lowest BCUT2D eigenvalue weighted by Gasteiger charge is -2.10. The molecule has 19 heavy (non-hydrogen) atoms. The Morgan fingerprint density at radius 3 is 2.74 bits per heavy atom. The zero-order chi connectivity index (χ0) is 13.7. The van der Waals surface area contributed by atoms with E-state index in [1.54, 1.807) is 12.1 Å². The van der Waals surface area contributed by atoms with Crippen LogP contribution in [0.2, 0.25) is 0 Å². The van der Waals surface area contributed by atoms with Gasteiger partial charge in [-0.1, -0.05) is 11.8 Å². The molecule has 1 aromatic carbocycles. The Hall–Kier alpha value is -2.32. The first-order valence-electron chi connectivity index (χ1n) is 6.08. The molecular weight excluding hydrogens is 242 g/mol. The van der Waals surface area contributed by atoms with Crippen molar-refractivity contribution in [2.45, 2.75) is 18.9 Å². The van der Waals surface area contributed by atoms with Crippen molar-refractivity contribution in [1.82, 2.24) is 5.32 Å². The average molecular weight is 257 g/mol. The number of nitrogens with two attached hydrogens (primary N) is 1. The van der Waals surface area contributed by atoms with Crippen LogP contribution < -0.4 is 16.4 Å². The summed E-state index contributed by atoms with van der Waals surface area (Å²) in [6, 6.07) is 6.74. The molecule has 0 aromatic heterocycles. The highest BCUT2D eigenvalue weighted by atomic mass is 16.2. The van der Waals surface area contributed by atoms with Crippen molar-refractivity contribution in [1.29, 1.82) is 0 Å². The van der Waals surface area contributed by atoms with Gasteiger partial charge < -0.3 is 16.4 Å². The molecule has 1 aliphatic rings. The predicted octanol–water partition coefficient (Wildman–Crippen LogP) is 0.214. The molecule has 5 heteroatoms. The Kier molecular flexibility index (Phi) is 4.16. The highest BCUT2D eigenvalue weighted by molar-refractivity contribution is 5.98. The minimum atomic E-state index is -0.427. The van der Waals surface area contributed by atoms with Crippen molar-refractivity contribution in [2.24, 2.45) is 5.73 Å². The van der Waals surface area contributed by atoms with E-state index in [9.17, 15) is 9.59 Å². The van der Waals surface area contributed by atoms with Gasteiger partial charge in [-0.3, -0.25) is 9.59 Å². The maximum atomic E-state index is 11.8. The quantitative estimate of drug-likeness (QED) is 0.662. The van der Waals surface area contributed by atoms with Gasteiger partial charge in [0.25, 0.3) is 0 Å². The zero-order valence-corrected chi connectivity index (χ0v) is 10.4. The van der Waals surface area contributed by atoms with Crippen LogP contribution in [0, 0.1) is 11.8 Å². The summed E-state index contributed by atoms with van der Waals surface area (Å²) in [5, 5.41) is 5.39. The number of carbonyl (C=O) groups excluding carboxylic acids is 2. The van der Waals surface area contributed by atoms with Gasteiger partial charge >= 0.3 is 0 Å². The summed E-state index contributed by atoms with van der Waals surface area (Å²) in [6.07, 6.45) is 0.955. The summed E-state index contributed by atoms with van der Waals surface area (Å²) < 4.78 is 0. The Labute approximate surface area is 111 Å². The van der Waals surface area contributed by atoms with Crippen LogP contribution in [0.15, 0.2) is 24.3 Å². The summed E-state index contributed by atoms with van der Waals surface area (Å²) in [6.45, 7) is 0.319. The smallest absolute Gasteiger partial charge is 0.246 e. The summed E-state index contributed by atoms with van der Waals surface area (Å²) in [4.78, 5) is 22.9. The van der Waals surface area contributed by atoms with Crippen LogP contribution in [0.5, 0.6) is 0 Å². The lowest BCUT2D eigenvalue weighted by atomic mass is 10.2. The van der Waals surface area contributed by atoms with Crippen LogP contribution in [-0.2, 0) is 9.59 Å². The van der Waals surface area contributed by atoms with Gasteiger partial charge in [-0.25, -0.2) is 0 Å². The maximum Gasteiger partial charge on any atom is 0.246 e. The first kappa shape index (κ1) is 13.1. The fraction of sp³-hybridized carbons (Fsp3) is 0.286. The third-order valence-corrected chi connectivity index (χ3v) is 2.80. The van der Waals surface area contributed by atoms with Gasteiger partial charge in [0.2, 0.25) is 11.8 Å². The molecule has 5 nitrogen and oxygen atoms in total. The molecule has 0 aliphatic carbocycles. The standard InChI is InChI=1S/C14H15N3O2/c15-9-1-2-10-3-5-11(6-4-10)16-14(19)12-7-8-13(18)17-12/h3-6,12H,7-9,15H2,(H,16,19)(H,17,18). The fourth-order valence-electron chi connectivity index (χ4n) is 1.83. The van der Waals surface area contributed by atoms with E-state index in [4.69, 9.17) is 5.73 Å². The number of hydrogen-bond donors (Lipinski definition) is 3. The summed E-state index contributed by atoms with van der Waals surface area (Å²) >= 11 is 0. The van der Waals surface area contributed by atoms with E-state index in [2.05, 4.69) is 22.5 Å². The second kappa shape index (κ2) is 6.03. The Morgan fingerprint density at radius 2 is 2.16 bits per heavy atom. The van der Waals surface area contributed by atoms with Crippen molar-refractivity contribution in [3.05, 3.63) is 29.8 Å². The van der Waals surface area contributed by atoms with E-state index in [0.717, 1.165) is 5.56 Å². The van der Waals surface area contributed by atoms with Gasteiger partial charge in [-0.15, -0.1) is 0 Å². The van der Waals surface area contributed by atoms with Crippen molar-refractivity contribution in [2.75, 3.05) is 11.9 Å². The molecule has 0 spiro atoms. The molecule has 0 saturated carbocycles. The fourth-order valence-corrected chi connectivity index (χ4v) is 1.83. The van der Waals surface area contributed by atoms with E-state index in [1.807, 2.05) is 12.1 Å². The van der Waals surface area contributed by atoms with E-state index in [0.29, 0.717) is 25.1 Å². The van der Waals surface area contributed by atoms with Crippen LogP contribution in [0.4, 0.5) is 5.69 Å². The summed E-state index contributed by atoms with van der Waals surface area (Å²) in [5.41, 5.74) is 6.82. The number of anilines is 1. The SMILES string of the molecule is NCC#Cc1ccc(NC(=O)C2CCC(=O)N2)cc1. The molecule has 2 amide bonds. The van der Waals surface area contributed by atoms with Gasteiger partial charge in [0.1, 0.15) is 6.04 Å². The van der Waals surface area contributed by atoms with Crippen molar-refractivity contribution >= 4 is 17.5 Å². The van der Waals surface area contributed by atoms with E-state index in [1.165, 1.54) is 0 Å².